The molecule has 1 aromatic carbocycles. The first-order valence-corrected chi connectivity index (χ1v) is 12.2. The third-order valence-corrected chi connectivity index (χ3v) is 7.22. The van der Waals surface area contributed by atoms with Gasteiger partial charge >= 0.3 is 5.97 Å². The molecule has 1 saturated carbocycles. The molecule has 3 unspecified atom stereocenters. The average Bonchev–Trinajstić information content (AvgIpc) is 3.18. The smallest absolute Gasteiger partial charge is 0.325 e. The van der Waals surface area contributed by atoms with Crippen LogP contribution in [0, 0.1) is 17.8 Å². The van der Waals surface area contributed by atoms with Crippen molar-refractivity contribution < 1.29 is 19.1 Å². The van der Waals surface area contributed by atoms with Gasteiger partial charge in [-0.2, -0.15) is 0 Å². The van der Waals surface area contributed by atoms with E-state index >= 15 is 0 Å². The monoisotopic (exact) mass is 429 g/mol. The number of nitrogens with one attached hydrogen (secondary N) is 1. The van der Waals surface area contributed by atoms with Crippen LogP contribution in [0.1, 0.15) is 75.8 Å². The van der Waals surface area contributed by atoms with Crippen molar-refractivity contribution in [1.82, 2.24) is 5.32 Å². The van der Waals surface area contributed by atoms with Gasteiger partial charge in [-0.05, 0) is 60.6 Å². The van der Waals surface area contributed by atoms with Crippen LogP contribution in [0.5, 0.6) is 5.75 Å². The van der Waals surface area contributed by atoms with Crippen molar-refractivity contribution in [2.45, 2.75) is 77.6 Å². The Balaban J connectivity index is 1.50. The lowest BCUT2D eigenvalue weighted by molar-refractivity contribution is -0.141. The fraction of sp³-hybridized carbons (Fsp3) is 0.692. The number of benzene rings is 1. The van der Waals surface area contributed by atoms with E-state index in [1.807, 2.05) is 12.1 Å². The Morgan fingerprint density at radius 3 is 2.68 bits per heavy atom. The molecule has 0 bridgehead atoms. The summed E-state index contributed by atoms with van der Waals surface area (Å²) in [5, 5.41) is 2.52. The van der Waals surface area contributed by atoms with Gasteiger partial charge in [0, 0.05) is 0 Å². The van der Waals surface area contributed by atoms with E-state index in [1.54, 1.807) is 0 Å². The van der Waals surface area contributed by atoms with Crippen LogP contribution < -0.4 is 10.1 Å². The highest BCUT2D eigenvalue weighted by atomic mass is 16.5. The molecule has 0 aromatic heterocycles. The van der Waals surface area contributed by atoms with Crippen LogP contribution in [0.25, 0.3) is 0 Å². The van der Waals surface area contributed by atoms with E-state index < -0.39 is 5.97 Å². The van der Waals surface area contributed by atoms with Gasteiger partial charge in [0.05, 0.1) is 7.11 Å². The van der Waals surface area contributed by atoms with Gasteiger partial charge in [-0.3, -0.25) is 9.59 Å². The number of fused-ring (bicyclic) bond motifs is 2. The number of carbonyl (C=O) groups excluding carboxylic acids is 2. The number of unbranched alkanes of at least 4 members (excludes halogenated alkanes) is 5. The second-order valence-electron chi connectivity index (χ2n) is 9.26. The van der Waals surface area contributed by atoms with Crippen molar-refractivity contribution in [3.8, 4) is 5.75 Å². The minimum atomic E-state index is -0.465. The first-order valence-electron chi connectivity index (χ1n) is 12.2. The maximum Gasteiger partial charge on any atom is 0.325 e. The summed E-state index contributed by atoms with van der Waals surface area (Å²) in [5.41, 5.74) is 2.67. The molecule has 0 heterocycles. The summed E-state index contributed by atoms with van der Waals surface area (Å²) in [5.74, 6) is 2.48. The van der Waals surface area contributed by atoms with Crippen LogP contribution in [0.3, 0.4) is 0 Å². The molecule has 31 heavy (non-hydrogen) atoms. The van der Waals surface area contributed by atoms with Crippen molar-refractivity contribution >= 4 is 11.9 Å². The SMILES string of the molecule is CCCCCCCCC1CCC2Cc3c(cccc3OCC(=O)NCC(=O)OC)CC12. The van der Waals surface area contributed by atoms with Gasteiger partial charge in [0.2, 0.25) is 0 Å². The lowest BCUT2D eigenvalue weighted by Crippen LogP contribution is -2.34. The van der Waals surface area contributed by atoms with Crippen LogP contribution in [-0.4, -0.2) is 32.1 Å². The molecule has 172 valence electrons. The molecule has 0 aliphatic heterocycles. The largest absolute Gasteiger partial charge is 0.483 e. The van der Waals surface area contributed by atoms with E-state index in [0.717, 1.165) is 36.3 Å². The van der Waals surface area contributed by atoms with Crippen LogP contribution in [-0.2, 0) is 27.2 Å². The maximum atomic E-state index is 12.0. The fourth-order valence-corrected chi connectivity index (χ4v) is 5.50. The topological polar surface area (TPSA) is 64.6 Å². The molecule has 2 aliphatic rings. The molecule has 1 fully saturated rings. The molecule has 3 rings (SSSR count). The summed E-state index contributed by atoms with van der Waals surface area (Å²) in [7, 11) is 1.30. The van der Waals surface area contributed by atoms with E-state index in [2.05, 4.69) is 23.0 Å². The van der Waals surface area contributed by atoms with Crippen LogP contribution in [0.15, 0.2) is 18.2 Å². The highest BCUT2D eigenvalue weighted by Crippen LogP contribution is 2.48. The summed E-state index contributed by atoms with van der Waals surface area (Å²) >= 11 is 0. The Morgan fingerprint density at radius 2 is 1.87 bits per heavy atom. The second kappa shape index (κ2) is 12.1. The quantitative estimate of drug-likeness (QED) is 0.381. The Kier molecular flexibility index (Phi) is 9.23. The number of esters is 1. The maximum absolute atomic E-state index is 12.0. The normalized spacial score (nSPS) is 21.8. The van der Waals surface area contributed by atoms with Crippen LogP contribution in [0.2, 0.25) is 0 Å². The average molecular weight is 430 g/mol. The van der Waals surface area contributed by atoms with Crippen molar-refractivity contribution in [1.29, 1.82) is 0 Å². The van der Waals surface area contributed by atoms with Gasteiger partial charge in [-0.25, -0.2) is 0 Å². The summed E-state index contributed by atoms with van der Waals surface area (Å²) in [6.07, 6.45) is 14.5. The molecule has 3 atom stereocenters. The van der Waals surface area contributed by atoms with E-state index in [0.29, 0.717) is 0 Å². The van der Waals surface area contributed by atoms with E-state index in [-0.39, 0.29) is 19.1 Å². The molecule has 0 saturated heterocycles. The molecule has 5 nitrogen and oxygen atoms in total. The lowest BCUT2D eigenvalue weighted by Gasteiger charge is -2.32. The summed E-state index contributed by atoms with van der Waals surface area (Å²) in [6.45, 7) is 2.06. The highest BCUT2D eigenvalue weighted by Gasteiger charge is 2.39. The van der Waals surface area contributed by atoms with Crippen molar-refractivity contribution in [3.05, 3.63) is 29.3 Å². The predicted molar refractivity (Wildman–Crippen MR) is 122 cm³/mol. The van der Waals surface area contributed by atoms with E-state index in [4.69, 9.17) is 4.74 Å². The number of amides is 1. The van der Waals surface area contributed by atoms with Gasteiger partial charge in [0.1, 0.15) is 12.3 Å². The Bertz CT molecular complexity index is 732. The summed E-state index contributed by atoms with van der Waals surface area (Å²) < 4.78 is 10.4. The minimum absolute atomic E-state index is 0.0812. The fourth-order valence-electron chi connectivity index (χ4n) is 5.50. The number of ether oxygens (including phenoxy) is 2. The Hall–Kier alpha value is -2.04. The molecule has 2 aliphatic carbocycles. The molecular weight excluding hydrogens is 390 g/mol. The van der Waals surface area contributed by atoms with Gasteiger partial charge in [0.25, 0.3) is 5.91 Å². The van der Waals surface area contributed by atoms with Gasteiger partial charge in [-0.15, -0.1) is 0 Å². The predicted octanol–water partition coefficient (Wildman–Crippen LogP) is 4.85. The van der Waals surface area contributed by atoms with E-state index in [1.165, 1.54) is 76.0 Å². The first-order chi connectivity index (χ1) is 15.1. The number of hydrogen-bond acceptors (Lipinski definition) is 4. The van der Waals surface area contributed by atoms with Crippen molar-refractivity contribution in [2.75, 3.05) is 20.3 Å². The molecule has 1 amide bonds. The Morgan fingerprint density at radius 1 is 1.06 bits per heavy atom. The summed E-state index contributed by atoms with van der Waals surface area (Å²) in [4.78, 5) is 23.1. The lowest BCUT2D eigenvalue weighted by atomic mass is 9.73. The molecule has 1 aromatic rings. The molecule has 1 N–H and O–H groups in total. The minimum Gasteiger partial charge on any atom is -0.483 e. The highest BCUT2D eigenvalue weighted by molar-refractivity contribution is 5.82. The molecular formula is C26H39NO4. The van der Waals surface area contributed by atoms with Crippen LogP contribution in [0.4, 0.5) is 0 Å². The molecule has 5 heteroatoms. The zero-order chi connectivity index (χ0) is 22.1. The van der Waals surface area contributed by atoms with Gasteiger partial charge in [0.15, 0.2) is 6.61 Å². The van der Waals surface area contributed by atoms with Gasteiger partial charge < -0.3 is 14.8 Å². The number of hydrogen-bond donors (Lipinski definition) is 1. The zero-order valence-electron chi connectivity index (χ0n) is 19.3. The number of carbonyl (C=O) groups is 2. The van der Waals surface area contributed by atoms with Crippen molar-refractivity contribution in [3.63, 3.8) is 0 Å². The van der Waals surface area contributed by atoms with Gasteiger partial charge in [-0.1, -0.05) is 64.0 Å². The summed E-state index contributed by atoms with van der Waals surface area (Å²) in [6, 6.07) is 6.24. The first kappa shape index (κ1) is 23.6. The standard InChI is InChI=1S/C26H39NO4/c1-3-4-5-6-7-8-10-19-13-14-21-16-23-20(15-22(19)21)11-9-12-24(23)31-18-25(28)27-17-26(29)30-2/h9,11-12,19,21-22H,3-8,10,13-18H2,1-2H3,(H,27,28). The number of rotatable bonds is 12. The third-order valence-electron chi connectivity index (χ3n) is 7.22. The second-order valence-corrected chi connectivity index (χ2v) is 9.26. The van der Waals surface area contributed by atoms with E-state index in [9.17, 15) is 9.59 Å². The molecule has 0 radical (unpaired) electrons. The zero-order valence-corrected chi connectivity index (χ0v) is 19.3. The Labute approximate surface area is 187 Å². The third kappa shape index (κ3) is 6.72. The molecule has 0 spiro atoms. The van der Waals surface area contributed by atoms with Crippen molar-refractivity contribution in [2.24, 2.45) is 17.8 Å². The number of methoxy groups -OCH3 is 1. The van der Waals surface area contributed by atoms with Crippen LogP contribution >= 0.6 is 0 Å².